The van der Waals surface area contributed by atoms with Crippen LogP contribution in [0.5, 0.6) is 0 Å². The third-order valence-corrected chi connectivity index (χ3v) is 3.86. The van der Waals surface area contributed by atoms with Crippen LogP contribution in [-0.2, 0) is 22.7 Å². The predicted octanol–water partition coefficient (Wildman–Crippen LogP) is 1.83. The number of ether oxygens (including phenoxy) is 1. The molecule has 0 aliphatic rings. The molecule has 7 heteroatoms. The Kier molecular flexibility index (Phi) is 5.35. The largest absolute Gasteiger partial charge is 0.468 e. The number of hydrogen-bond donors (Lipinski definition) is 1. The lowest BCUT2D eigenvalue weighted by Gasteiger charge is -2.11. The van der Waals surface area contributed by atoms with Crippen LogP contribution in [0.25, 0.3) is 0 Å². The number of nitrogens with zero attached hydrogens (tertiary/aromatic N) is 2. The second-order valence-corrected chi connectivity index (χ2v) is 5.18. The minimum absolute atomic E-state index is 0.107. The number of methoxy groups -OCH3 is 1. The summed E-state index contributed by atoms with van der Waals surface area (Å²) < 4.78 is 20.0. The zero-order valence-corrected chi connectivity index (χ0v) is 12.3. The third kappa shape index (κ3) is 3.83. The van der Waals surface area contributed by atoms with Gasteiger partial charge in [0.1, 0.15) is 5.82 Å². The summed E-state index contributed by atoms with van der Waals surface area (Å²) >= 11 is 1.18. The first-order chi connectivity index (χ1) is 10.2. The van der Waals surface area contributed by atoms with Gasteiger partial charge in [-0.05, 0) is 6.07 Å². The maximum atomic E-state index is 13.7. The number of hydrogen-bond acceptors (Lipinski definition) is 5. The molecule has 1 N–H and O–H groups in total. The summed E-state index contributed by atoms with van der Waals surface area (Å²) in [4.78, 5) is 15.4. The lowest BCUT2D eigenvalue weighted by Crippen LogP contribution is -2.09. The summed E-state index contributed by atoms with van der Waals surface area (Å²) in [7, 11) is 1.31. The number of carbonyl (C=O) groups excluding carboxylic acids is 1. The first kappa shape index (κ1) is 15.5. The molecule has 2 rings (SSSR count). The van der Waals surface area contributed by atoms with Gasteiger partial charge in [0, 0.05) is 5.56 Å². The van der Waals surface area contributed by atoms with E-state index in [1.807, 2.05) is 0 Å². The Labute approximate surface area is 125 Å². The Morgan fingerprint density at radius 1 is 1.48 bits per heavy atom. The Bertz CT molecular complexity index is 630. The maximum absolute atomic E-state index is 13.7. The number of benzene rings is 1. The van der Waals surface area contributed by atoms with Crippen molar-refractivity contribution in [1.29, 1.82) is 0 Å². The Morgan fingerprint density at radius 2 is 2.24 bits per heavy atom. The fourth-order valence-corrected chi connectivity index (χ4v) is 2.61. The predicted molar refractivity (Wildman–Crippen MR) is 76.4 cm³/mol. The van der Waals surface area contributed by atoms with Gasteiger partial charge in [-0.15, -0.1) is 0 Å². The van der Waals surface area contributed by atoms with E-state index in [4.69, 9.17) is 0 Å². The van der Waals surface area contributed by atoms with Crippen LogP contribution in [-0.4, -0.2) is 33.5 Å². The summed E-state index contributed by atoms with van der Waals surface area (Å²) in [5.41, 5.74) is 1.05. The topological polar surface area (TPSA) is 64.3 Å². The van der Waals surface area contributed by atoms with E-state index in [0.29, 0.717) is 16.4 Å². The summed E-state index contributed by atoms with van der Waals surface area (Å²) in [5.74, 6) is -0.583. The van der Waals surface area contributed by atoms with Crippen molar-refractivity contribution in [2.24, 2.45) is 0 Å². The molecule has 0 fully saturated rings. The van der Waals surface area contributed by atoms with E-state index >= 15 is 0 Å². The molecule has 0 radical (unpaired) electrons. The quantitative estimate of drug-likeness (QED) is 0.651. The van der Waals surface area contributed by atoms with Crippen LogP contribution in [0, 0.1) is 5.82 Å². The van der Waals surface area contributed by atoms with Gasteiger partial charge in [-0.1, -0.05) is 30.0 Å². The molecule has 0 bridgehead atoms. The van der Waals surface area contributed by atoms with E-state index < -0.39 is 0 Å². The average Bonchev–Trinajstić information content (AvgIpc) is 2.89. The number of rotatable bonds is 6. The van der Waals surface area contributed by atoms with Crippen molar-refractivity contribution < 1.29 is 19.0 Å². The molecule has 0 atom stereocenters. The highest BCUT2D eigenvalue weighted by Gasteiger charge is 2.14. The van der Waals surface area contributed by atoms with E-state index in [0.717, 1.165) is 0 Å². The molecule has 1 heterocycles. The van der Waals surface area contributed by atoms with Gasteiger partial charge in [0.05, 0.1) is 37.9 Å². The van der Waals surface area contributed by atoms with Crippen molar-refractivity contribution in [2.45, 2.75) is 18.3 Å². The maximum Gasteiger partial charge on any atom is 0.316 e. The van der Waals surface area contributed by atoms with Crippen molar-refractivity contribution in [3.63, 3.8) is 0 Å². The van der Waals surface area contributed by atoms with Crippen LogP contribution in [0.3, 0.4) is 0 Å². The fraction of sp³-hybridized carbons (Fsp3) is 0.286. The summed E-state index contributed by atoms with van der Waals surface area (Å²) in [6.45, 7) is 0.0340. The molecule has 0 aliphatic carbocycles. The van der Waals surface area contributed by atoms with Crippen molar-refractivity contribution in [3.8, 4) is 0 Å². The highest BCUT2D eigenvalue weighted by atomic mass is 32.2. The van der Waals surface area contributed by atoms with Crippen LogP contribution in [0.4, 0.5) is 4.39 Å². The Morgan fingerprint density at radius 3 is 2.90 bits per heavy atom. The third-order valence-electron chi connectivity index (χ3n) is 2.90. The molecule has 5 nitrogen and oxygen atoms in total. The van der Waals surface area contributed by atoms with Crippen molar-refractivity contribution in [1.82, 2.24) is 9.55 Å². The van der Waals surface area contributed by atoms with Gasteiger partial charge in [0.25, 0.3) is 0 Å². The normalized spacial score (nSPS) is 10.6. The van der Waals surface area contributed by atoms with Gasteiger partial charge in [-0.3, -0.25) is 4.79 Å². The van der Waals surface area contributed by atoms with Gasteiger partial charge in [-0.25, -0.2) is 9.37 Å². The van der Waals surface area contributed by atoms with Crippen molar-refractivity contribution in [3.05, 3.63) is 47.5 Å². The Hall–Kier alpha value is -1.86. The standard InChI is InChI=1S/C14H15FN2O3S/c1-20-13(19)9-21-14-16-6-11(8-18)17(14)7-10-4-2-3-5-12(10)15/h2-6,18H,7-9H2,1H3. The molecular formula is C14H15FN2O3S. The van der Waals surface area contributed by atoms with E-state index in [1.165, 1.54) is 31.1 Å². The number of thioether (sulfide) groups is 1. The number of aliphatic hydroxyl groups is 1. The number of halogens is 1. The number of carbonyl (C=O) groups is 1. The van der Waals surface area contributed by atoms with E-state index in [1.54, 1.807) is 22.8 Å². The molecule has 112 valence electrons. The van der Waals surface area contributed by atoms with Crippen LogP contribution >= 0.6 is 11.8 Å². The smallest absolute Gasteiger partial charge is 0.316 e. The number of aliphatic hydroxyl groups excluding tert-OH is 1. The average molecular weight is 310 g/mol. The molecular weight excluding hydrogens is 295 g/mol. The first-order valence-electron chi connectivity index (χ1n) is 6.24. The molecule has 1 aromatic heterocycles. The van der Waals surface area contributed by atoms with Crippen LogP contribution in [0.2, 0.25) is 0 Å². The minimum atomic E-state index is -0.369. The van der Waals surface area contributed by atoms with Crippen molar-refractivity contribution >= 4 is 17.7 Å². The fourth-order valence-electron chi connectivity index (χ4n) is 1.78. The first-order valence-corrected chi connectivity index (χ1v) is 7.22. The summed E-state index contributed by atoms with van der Waals surface area (Å²) in [6.07, 6.45) is 1.51. The van der Waals surface area contributed by atoms with Gasteiger partial charge >= 0.3 is 5.97 Å². The number of esters is 1. The SMILES string of the molecule is COC(=O)CSc1ncc(CO)n1Cc1ccccc1F. The summed E-state index contributed by atoms with van der Waals surface area (Å²) in [5, 5.41) is 9.88. The highest BCUT2D eigenvalue weighted by molar-refractivity contribution is 7.99. The van der Waals surface area contributed by atoms with Gasteiger partial charge in [0.15, 0.2) is 5.16 Å². The number of aromatic nitrogens is 2. The zero-order valence-electron chi connectivity index (χ0n) is 11.5. The van der Waals surface area contributed by atoms with Gasteiger partial charge in [-0.2, -0.15) is 0 Å². The monoisotopic (exact) mass is 310 g/mol. The molecule has 2 aromatic rings. The lowest BCUT2D eigenvalue weighted by atomic mass is 10.2. The molecule has 0 saturated carbocycles. The highest BCUT2D eigenvalue weighted by Crippen LogP contribution is 2.21. The van der Waals surface area contributed by atoms with Gasteiger partial charge in [0.2, 0.25) is 0 Å². The summed E-state index contributed by atoms with van der Waals surface area (Å²) in [6, 6.07) is 6.42. The lowest BCUT2D eigenvalue weighted by molar-refractivity contribution is -0.137. The molecule has 0 aliphatic heterocycles. The van der Waals surface area contributed by atoms with E-state index in [2.05, 4.69) is 9.72 Å². The van der Waals surface area contributed by atoms with Crippen molar-refractivity contribution in [2.75, 3.05) is 12.9 Å². The molecule has 0 spiro atoms. The van der Waals surface area contributed by atoms with E-state index in [-0.39, 0.29) is 30.7 Å². The number of imidazole rings is 1. The molecule has 21 heavy (non-hydrogen) atoms. The van der Waals surface area contributed by atoms with Crippen LogP contribution < -0.4 is 0 Å². The molecule has 0 unspecified atom stereocenters. The van der Waals surface area contributed by atoms with Gasteiger partial charge < -0.3 is 14.4 Å². The second-order valence-electron chi connectivity index (χ2n) is 4.23. The minimum Gasteiger partial charge on any atom is -0.468 e. The molecule has 1 aromatic carbocycles. The Balaban J connectivity index is 2.22. The van der Waals surface area contributed by atoms with E-state index in [9.17, 15) is 14.3 Å². The molecule has 0 saturated heterocycles. The van der Waals surface area contributed by atoms with Crippen LogP contribution in [0.15, 0.2) is 35.6 Å². The second kappa shape index (κ2) is 7.24. The molecule has 0 amide bonds. The van der Waals surface area contributed by atoms with Crippen LogP contribution in [0.1, 0.15) is 11.3 Å². The zero-order chi connectivity index (χ0) is 15.2.